The monoisotopic (exact) mass is 284 g/mol. The fourth-order valence-corrected chi connectivity index (χ4v) is 2.83. The summed E-state index contributed by atoms with van der Waals surface area (Å²) in [6.45, 7) is 0. The van der Waals surface area contributed by atoms with E-state index in [0.29, 0.717) is 5.75 Å². The van der Waals surface area contributed by atoms with Crippen molar-refractivity contribution in [2.45, 2.75) is 18.9 Å². The number of amidine groups is 1. The van der Waals surface area contributed by atoms with Crippen molar-refractivity contribution in [3.05, 3.63) is 23.8 Å². The lowest BCUT2D eigenvalue weighted by molar-refractivity contribution is 0.416. The quantitative estimate of drug-likeness (QED) is 0.446. The van der Waals surface area contributed by atoms with Crippen LogP contribution in [0.15, 0.2) is 18.2 Å². The van der Waals surface area contributed by atoms with Crippen LogP contribution in [0.5, 0.6) is 5.75 Å². The van der Waals surface area contributed by atoms with E-state index < -0.39 is 10.2 Å². The van der Waals surface area contributed by atoms with Gasteiger partial charge in [0.2, 0.25) is 0 Å². The van der Waals surface area contributed by atoms with E-state index in [-0.39, 0.29) is 23.1 Å². The summed E-state index contributed by atoms with van der Waals surface area (Å²) in [7, 11) is -2.27. The second kappa shape index (κ2) is 5.06. The van der Waals surface area contributed by atoms with E-state index >= 15 is 0 Å². The van der Waals surface area contributed by atoms with Gasteiger partial charge in [-0.2, -0.15) is 13.1 Å². The molecular formula is C11H16N4O3S. The number of nitrogens with two attached hydrogens (primary N) is 1. The Kier molecular flexibility index (Phi) is 3.63. The molecule has 7 nitrogen and oxygen atoms in total. The average molecular weight is 284 g/mol. The third-order valence-electron chi connectivity index (χ3n) is 2.67. The summed E-state index contributed by atoms with van der Waals surface area (Å²) >= 11 is 0. The fourth-order valence-electron chi connectivity index (χ4n) is 1.62. The number of benzene rings is 1. The molecule has 1 saturated carbocycles. The molecule has 0 aliphatic heterocycles. The molecule has 104 valence electrons. The van der Waals surface area contributed by atoms with Gasteiger partial charge in [0.15, 0.2) is 0 Å². The Morgan fingerprint density at radius 2 is 2.16 bits per heavy atom. The van der Waals surface area contributed by atoms with Crippen LogP contribution >= 0.6 is 0 Å². The van der Waals surface area contributed by atoms with E-state index in [1.807, 2.05) is 0 Å². The normalized spacial score (nSPS) is 15.0. The Hall–Kier alpha value is -1.80. The van der Waals surface area contributed by atoms with Crippen LogP contribution in [-0.4, -0.2) is 27.4 Å². The number of hydrogen-bond acceptors (Lipinski definition) is 4. The van der Waals surface area contributed by atoms with Gasteiger partial charge < -0.3 is 10.5 Å². The summed E-state index contributed by atoms with van der Waals surface area (Å²) in [6, 6.07) is 4.79. The zero-order valence-corrected chi connectivity index (χ0v) is 11.3. The molecule has 1 aromatic rings. The highest BCUT2D eigenvalue weighted by molar-refractivity contribution is 7.90. The SMILES string of the molecule is COc1cccc(C(=N)N)c1NS(=O)(=O)NC1CC1. The van der Waals surface area contributed by atoms with E-state index in [0.717, 1.165) is 12.8 Å². The number of ether oxygens (including phenoxy) is 1. The molecule has 1 aromatic carbocycles. The number of nitrogens with one attached hydrogen (secondary N) is 3. The van der Waals surface area contributed by atoms with Gasteiger partial charge in [-0.25, -0.2) is 0 Å². The van der Waals surface area contributed by atoms with Crippen LogP contribution in [0.2, 0.25) is 0 Å². The van der Waals surface area contributed by atoms with Gasteiger partial charge in [-0.05, 0) is 25.0 Å². The number of anilines is 1. The van der Waals surface area contributed by atoms with E-state index in [1.165, 1.54) is 7.11 Å². The van der Waals surface area contributed by atoms with Crippen molar-refractivity contribution in [3.63, 3.8) is 0 Å². The first-order valence-corrected chi connectivity index (χ1v) is 7.22. The minimum Gasteiger partial charge on any atom is -0.495 e. The molecule has 0 saturated heterocycles. The van der Waals surface area contributed by atoms with Crippen LogP contribution in [0.3, 0.4) is 0 Å². The van der Waals surface area contributed by atoms with E-state index in [2.05, 4.69) is 9.44 Å². The first-order chi connectivity index (χ1) is 8.93. The molecule has 1 fully saturated rings. The van der Waals surface area contributed by atoms with Gasteiger partial charge in [-0.3, -0.25) is 10.1 Å². The first kappa shape index (κ1) is 13.6. The molecule has 0 unspecified atom stereocenters. The van der Waals surface area contributed by atoms with Crippen LogP contribution < -0.4 is 19.9 Å². The Balaban J connectivity index is 2.34. The molecule has 0 atom stereocenters. The molecule has 0 radical (unpaired) electrons. The van der Waals surface area contributed by atoms with Gasteiger partial charge in [0.05, 0.1) is 7.11 Å². The number of rotatable bonds is 6. The first-order valence-electron chi connectivity index (χ1n) is 5.74. The summed E-state index contributed by atoms with van der Waals surface area (Å²) in [5.74, 6) is 0.0805. The highest BCUT2D eigenvalue weighted by Crippen LogP contribution is 2.29. The number of hydrogen-bond donors (Lipinski definition) is 4. The lowest BCUT2D eigenvalue weighted by Gasteiger charge is -2.15. The van der Waals surface area contributed by atoms with Crippen molar-refractivity contribution >= 4 is 21.7 Å². The second-order valence-corrected chi connectivity index (χ2v) is 5.74. The van der Waals surface area contributed by atoms with Crippen LogP contribution in [0.25, 0.3) is 0 Å². The standard InChI is InChI=1S/C11H16N4O3S/c1-18-9-4-2-3-8(11(12)13)10(9)15-19(16,17)14-7-5-6-7/h2-4,7,14-15H,5-6H2,1H3,(H3,12,13). The maximum Gasteiger partial charge on any atom is 0.299 e. The predicted octanol–water partition coefficient (Wildman–Crippen LogP) is 0.388. The Morgan fingerprint density at radius 1 is 1.47 bits per heavy atom. The molecule has 5 N–H and O–H groups in total. The van der Waals surface area contributed by atoms with Crippen molar-refractivity contribution in [2.24, 2.45) is 5.73 Å². The van der Waals surface area contributed by atoms with Crippen LogP contribution in [0.1, 0.15) is 18.4 Å². The van der Waals surface area contributed by atoms with Crippen molar-refractivity contribution in [1.82, 2.24) is 4.72 Å². The summed E-state index contributed by atoms with van der Waals surface area (Å²) in [5, 5.41) is 7.48. The number of methoxy groups -OCH3 is 1. The van der Waals surface area contributed by atoms with Crippen molar-refractivity contribution in [2.75, 3.05) is 11.8 Å². The molecule has 0 amide bonds. The summed E-state index contributed by atoms with van der Waals surface area (Å²) in [4.78, 5) is 0. The predicted molar refractivity (Wildman–Crippen MR) is 72.7 cm³/mol. The van der Waals surface area contributed by atoms with Gasteiger partial charge >= 0.3 is 0 Å². The van der Waals surface area contributed by atoms with Gasteiger partial charge in [-0.1, -0.05) is 6.07 Å². The molecule has 19 heavy (non-hydrogen) atoms. The van der Waals surface area contributed by atoms with Gasteiger partial charge in [0.25, 0.3) is 10.2 Å². The summed E-state index contributed by atoms with van der Waals surface area (Å²) in [6.07, 6.45) is 1.68. The van der Waals surface area contributed by atoms with Gasteiger partial charge in [0, 0.05) is 11.6 Å². The van der Waals surface area contributed by atoms with Crippen molar-refractivity contribution < 1.29 is 13.2 Å². The lowest BCUT2D eigenvalue weighted by Crippen LogP contribution is -2.32. The van der Waals surface area contributed by atoms with Crippen molar-refractivity contribution in [1.29, 1.82) is 5.41 Å². The van der Waals surface area contributed by atoms with Gasteiger partial charge in [0.1, 0.15) is 17.3 Å². The minimum atomic E-state index is -3.69. The van der Waals surface area contributed by atoms with Crippen LogP contribution in [0, 0.1) is 5.41 Å². The summed E-state index contributed by atoms with van der Waals surface area (Å²) < 4.78 is 33.8. The van der Waals surface area contributed by atoms with E-state index in [4.69, 9.17) is 15.9 Å². The molecule has 2 rings (SSSR count). The third-order valence-corrected chi connectivity index (χ3v) is 3.79. The molecule has 0 spiro atoms. The molecule has 0 bridgehead atoms. The van der Waals surface area contributed by atoms with Crippen LogP contribution in [0.4, 0.5) is 5.69 Å². The number of nitrogen functional groups attached to an aromatic ring is 1. The Bertz CT molecular complexity index is 596. The second-order valence-electron chi connectivity index (χ2n) is 4.29. The zero-order chi connectivity index (χ0) is 14.0. The van der Waals surface area contributed by atoms with E-state index in [9.17, 15) is 8.42 Å². The Labute approximate surface area is 111 Å². The summed E-state index contributed by atoms with van der Waals surface area (Å²) in [5.41, 5.74) is 5.89. The van der Waals surface area contributed by atoms with Crippen LogP contribution in [-0.2, 0) is 10.2 Å². The van der Waals surface area contributed by atoms with Gasteiger partial charge in [-0.15, -0.1) is 0 Å². The Morgan fingerprint density at radius 3 is 2.68 bits per heavy atom. The molecule has 0 heterocycles. The zero-order valence-electron chi connectivity index (χ0n) is 10.4. The molecule has 1 aliphatic rings. The third kappa shape index (κ3) is 3.36. The molecule has 1 aliphatic carbocycles. The van der Waals surface area contributed by atoms with Crippen molar-refractivity contribution in [3.8, 4) is 5.75 Å². The molecule has 8 heteroatoms. The minimum absolute atomic E-state index is 0.00650. The topological polar surface area (TPSA) is 117 Å². The molecule has 0 aromatic heterocycles. The lowest BCUT2D eigenvalue weighted by atomic mass is 10.1. The molecular weight excluding hydrogens is 268 g/mol. The number of para-hydroxylation sites is 1. The fraction of sp³-hybridized carbons (Fsp3) is 0.364. The highest BCUT2D eigenvalue weighted by Gasteiger charge is 2.28. The van der Waals surface area contributed by atoms with E-state index in [1.54, 1.807) is 18.2 Å². The highest BCUT2D eigenvalue weighted by atomic mass is 32.2. The smallest absolute Gasteiger partial charge is 0.299 e. The maximum atomic E-state index is 11.9. The maximum absolute atomic E-state index is 11.9. The average Bonchev–Trinajstić information content (AvgIpc) is 3.11. The largest absolute Gasteiger partial charge is 0.495 e.